The van der Waals surface area contributed by atoms with Crippen molar-refractivity contribution in [2.75, 3.05) is 26.7 Å². The van der Waals surface area contributed by atoms with Crippen LogP contribution in [0.5, 0.6) is 5.88 Å². The molecule has 2 aromatic heterocycles. The van der Waals surface area contributed by atoms with Gasteiger partial charge in [-0.15, -0.1) is 35.3 Å². The SMILES string of the molecule is CN=C(NCCOc1ccc(Cl)cn1)NCC(O)c1cc2ccccc2s1.I. The van der Waals surface area contributed by atoms with Gasteiger partial charge in [0.05, 0.1) is 11.6 Å². The van der Waals surface area contributed by atoms with E-state index in [0.717, 1.165) is 10.3 Å². The Hall–Kier alpha value is -1.62. The Bertz CT molecular complexity index is 871. The van der Waals surface area contributed by atoms with Crippen LogP contribution in [0.25, 0.3) is 10.1 Å². The van der Waals surface area contributed by atoms with Crippen molar-refractivity contribution < 1.29 is 9.84 Å². The molecule has 1 aromatic carbocycles. The second kappa shape index (κ2) is 11.4. The minimum atomic E-state index is -0.601. The van der Waals surface area contributed by atoms with Crippen LogP contribution in [0.15, 0.2) is 53.7 Å². The normalized spacial score (nSPS) is 12.3. The topological polar surface area (TPSA) is 78.8 Å². The number of pyridine rings is 1. The summed E-state index contributed by atoms with van der Waals surface area (Å²) < 4.78 is 6.69. The summed E-state index contributed by atoms with van der Waals surface area (Å²) in [5.74, 6) is 1.12. The van der Waals surface area contributed by atoms with Crippen molar-refractivity contribution >= 4 is 63.0 Å². The first-order valence-electron chi connectivity index (χ1n) is 8.51. The Morgan fingerprint density at radius 1 is 1.29 bits per heavy atom. The van der Waals surface area contributed by atoms with Crippen LogP contribution in [0.3, 0.4) is 0 Å². The van der Waals surface area contributed by atoms with E-state index < -0.39 is 6.10 Å². The number of ether oxygens (including phenoxy) is 1. The predicted molar refractivity (Wildman–Crippen MR) is 126 cm³/mol. The van der Waals surface area contributed by atoms with Gasteiger partial charge in [0, 0.05) is 35.4 Å². The molecule has 0 aliphatic rings. The maximum atomic E-state index is 10.4. The molecule has 0 fully saturated rings. The maximum absolute atomic E-state index is 10.4. The number of guanidine groups is 1. The average Bonchev–Trinajstić information content (AvgIpc) is 3.13. The van der Waals surface area contributed by atoms with Crippen LogP contribution in [-0.4, -0.2) is 42.8 Å². The van der Waals surface area contributed by atoms with Gasteiger partial charge in [-0.3, -0.25) is 4.99 Å². The lowest BCUT2D eigenvalue weighted by Crippen LogP contribution is -2.41. The fraction of sp³-hybridized carbons (Fsp3) is 0.263. The number of hydrogen-bond acceptors (Lipinski definition) is 5. The molecule has 0 amide bonds. The van der Waals surface area contributed by atoms with Crippen molar-refractivity contribution in [3.63, 3.8) is 0 Å². The summed E-state index contributed by atoms with van der Waals surface area (Å²) in [7, 11) is 1.68. The maximum Gasteiger partial charge on any atom is 0.213 e. The fourth-order valence-electron chi connectivity index (χ4n) is 2.45. The number of fused-ring (bicyclic) bond motifs is 1. The van der Waals surface area contributed by atoms with Gasteiger partial charge in [-0.1, -0.05) is 29.8 Å². The Labute approximate surface area is 190 Å². The van der Waals surface area contributed by atoms with Crippen molar-refractivity contribution in [1.82, 2.24) is 15.6 Å². The van der Waals surface area contributed by atoms with Gasteiger partial charge in [0.25, 0.3) is 0 Å². The summed E-state index contributed by atoms with van der Waals surface area (Å²) in [5.41, 5.74) is 0. The predicted octanol–water partition coefficient (Wildman–Crippen LogP) is 3.85. The van der Waals surface area contributed by atoms with Gasteiger partial charge in [-0.25, -0.2) is 4.98 Å². The molecule has 3 rings (SSSR count). The summed E-state index contributed by atoms with van der Waals surface area (Å²) >= 11 is 7.38. The van der Waals surface area contributed by atoms with Gasteiger partial charge in [0.2, 0.25) is 5.88 Å². The quantitative estimate of drug-likeness (QED) is 0.187. The number of benzene rings is 1. The number of nitrogens with one attached hydrogen (secondary N) is 2. The third kappa shape index (κ3) is 6.47. The summed E-state index contributed by atoms with van der Waals surface area (Å²) in [6.07, 6.45) is 0.940. The Morgan fingerprint density at radius 2 is 2.11 bits per heavy atom. The lowest BCUT2D eigenvalue weighted by Gasteiger charge is -2.14. The van der Waals surface area contributed by atoms with Crippen molar-refractivity contribution in [3.05, 3.63) is 58.6 Å². The highest BCUT2D eigenvalue weighted by atomic mass is 127. The number of thiophene rings is 1. The zero-order chi connectivity index (χ0) is 19.1. The van der Waals surface area contributed by atoms with E-state index in [0.29, 0.717) is 36.6 Å². The number of nitrogens with zero attached hydrogens (tertiary/aromatic N) is 2. The molecule has 9 heteroatoms. The smallest absolute Gasteiger partial charge is 0.213 e. The molecule has 150 valence electrons. The molecule has 0 saturated heterocycles. The number of rotatable bonds is 7. The van der Waals surface area contributed by atoms with Gasteiger partial charge < -0.3 is 20.5 Å². The van der Waals surface area contributed by atoms with Crippen LogP contribution < -0.4 is 15.4 Å². The zero-order valence-electron chi connectivity index (χ0n) is 15.3. The third-order valence-electron chi connectivity index (χ3n) is 3.80. The van der Waals surface area contributed by atoms with E-state index in [9.17, 15) is 5.11 Å². The van der Waals surface area contributed by atoms with Crippen LogP contribution in [-0.2, 0) is 0 Å². The lowest BCUT2D eigenvalue weighted by molar-refractivity contribution is 0.184. The second-order valence-corrected chi connectivity index (χ2v) is 7.30. The third-order valence-corrected chi connectivity index (χ3v) is 5.25. The number of halogens is 2. The van der Waals surface area contributed by atoms with Crippen LogP contribution in [0.1, 0.15) is 11.0 Å². The van der Waals surface area contributed by atoms with E-state index in [1.165, 1.54) is 4.70 Å². The molecule has 3 aromatic rings. The highest BCUT2D eigenvalue weighted by Gasteiger charge is 2.12. The Morgan fingerprint density at radius 3 is 2.82 bits per heavy atom. The van der Waals surface area contributed by atoms with E-state index >= 15 is 0 Å². The van der Waals surface area contributed by atoms with Crippen molar-refractivity contribution in [2.45, 2.75) is 6.10 Å². The first-order valence-corrected chi connectivity index (χ1v) is 9.70. The largest absolute Gasteiger partial charge is 0.476 e. The monoisotopic (exact) mass is 532 g/mol. The zero-order valence-corrected chi connectivity index (χ0v) is 19.2. The lowest BCUT2D eigenvalue weighted by atomic mass is 10.2. The molecule has 28 heavy (non-hydrogen) atoms. The minimum Gasteiger partial charge on any atom is -0.476 e. The molecule has 0 bridgehead atoms. The van der Waals surface area contributed by atoms with Crippen molar-refractivity contribution in [3.8, 4) is 5.88 Å². The molecular formula is C19H22ClIN4O2S. The number of hydrogen-bond donors (Lipinski definition) is 3. The van der Waals surface area contributed by atoms with Gasteiger partial charge in [-0.2, -0.15) is 0 Å². The van der Waals surface area contributed by atoms with E-state index in [-0.39, 0.29) is 24.0 Å². The summed E-state index contributed by atoms with van der Waals surface area (Å²) in [4.78, 5) is 9.14. The fourth-order valence-corrected chi connectivity index (χ4v) is 3.62. The molecule has 0 saturated carbocycles. The standard InChI is InChI=1S/C19H21ClN4O2S.HI/c1-21-19(22-8-9-26-18-7-6-14(20)11-23-18)24-12-15(25)17-10-13-4-2-3-5-16(13)27-17;/h2-7,10-11,15,25H,8-9,12H2,1H3,(H2,21,22,24);1H. The van der Waals surface area contributed by atoms with Gasteiger partial charge in [-0.05, 0) is 23.6 Å². The summed E-state index contributed by atoms with van der Waals surface area (Å²) in [5, 5.41) is 18.4. The highest BCUT2D eigenvalue weighted by Crippen LogP contribution is 2.29. The van der Waals surface area contributed by atoms with Crippen LogP contribution in [0.2, 0.25) is 5.02 Å². The number of aromatic nitrogens is 1. The van der Waals surface area contributed by atoms with E-state index in [1.807, 2.05) is 24.3 Å². The molecule has 1 unspecified atom stereocenters. The molecule has 0 spiro atoms. The summed E-state index contributed by atoms with van der Waals surface area (Å²) in [6.45, 7) is 1.34. The molecule has 2 heterocycles. The molecule has 1 atom stereocenters. The van der Waals surface area contributed by atoms with Gasteiger partial charge in [0.15, 0.2) is 5.96 Å². The van der Waals surface area contributed by atoms with Crippen LogP contribution in [0.4, 0.5) is 0 Å². The number of aliphatic hydroxyl groups is 1. The Balaban J connectivity index is 0.00000280. The highest BCUT2D eigenvalue weighted by molar-refractivity contribution is 14.0. The first kappa shape index (κ1) is 22.7. The second-order valence-electron chi connectivity index (χ2n) is 5.75. The molecular weight excluding hydrogens is 511 g/mol. The van der Waals surface area contributed by atoms with Crippen molar-refractivity contribution in [2.24, 2.45) is 4.99 Å². The number of aliphatic imine (C=N–C) groups is 1. The molecule has 0 aliphatic carbocycles. The Kier molecular flexibility index (Phi) is 9.23. The van der Waals surface area contributed by atoms with E-state index in [2.05, 4.69) is 26.7 Å². The molecule has 3 N–H and O–H groups in total. The summed E-state index contributed by atoms with van der Waals surface area (Å²) in [6, 6.07) is 13.6. The number of aliphatic hydroxyl groups excluding tert-OH is 1. The van der Waals surface area contributed by atoms with E-state index in [1.54, 1.807) is 36.7 Å². The molecule has 0 radical (unpaired) electrons. The van der Waals surface area contributed by atoms with Gasteiger partial charge >= 0.3 is 0 Å². The molecule has 6 nitrogen and oxygen atoms in total. The van der Waals surface area contributed by atoms with Crippen LogP contribution in [0, 0.1) is 0 Å². The van der Waals surface area contributed by atoms with Gasteiger partial charge in [0.1, 0.15) is 12.7 Å². The first-order chi connectivity index (χ1) is 13.2. The molecule has 0 aliphatic heterocycles. The minimum absolute atomic E-state index is 0. The van der Waals surface area contributed by atoms with E-state index in [4.69, 9.17) is 16.3 Å². The van der Waals surface area contributed by atoms with Crippen molar-refractivity contribution in [1.29, 1.82) is 0 Å². The average molecular weight is 533 g/mol. The van der Waals surface area contributed by atoms with Crippen LogP contribution >= 0.6 is 46.9 Å².